The fraction of sp³-hybridized carbons (Fsp3) is 0.500. The molecule has 0 radical (unpaired) electrons. The Hall–Kier alpha value is -2.76. The molecule has 4 heteroatoms. The van der Waals surface area contributed by atoms with Crippen LogP contribution in [0.5, 0.6) is 0 Å². The molecule has 0 aromatic heterocycles. The number of aliphatic hydroxyl groups is 4. The van der Waals surface area contributed by atoms with Gasteiger partial charge in [-0.25, -0.2) is 0 Å². The standard InChI is InChI=1S/C40H58O4/c1-29(17-13-19-31(3)21-22-36-33(5)25-34(41)26-37(36,6)7)15-11-12-16-30(2)18-14-20-32(4)23-24-40(44)38(8,9)27-35(42)28-39(40,10)43/h11-25,34-36,41-44H,26-28H2,1-10H3/b12-11+,17-13+,18-14+,22-21+,24-23+,29-15+,30-16+,31-19+,32-20+/t34-,35-,36-,39?,40?/m0/s1. The average molecular weight is 603 g/mol. The SMILES string of the molecule is CC1=C[C@H](O)CC(C)(C)[C@H]1/C=C/C(C)=C/C=C/C(C)=C/C=C/C=C(C)/C=C/C=C(C)/C=C/C1(O)C(C)(C)C[C@H](O)CC1(C)O. The first kappa shape index (κ1) is 37.4. The van der Waals surface area contributed by atoms with E-state index in [1.165, 1.54) is 11.1 Å². The molecule has 0 aliphatic heterocycles. The monoisotopic (exact) mass is 602 g/mol. The van der Waals surface area contributed by atoms with E-state index in [0.29, 0.717) is 12.3 Å². The zero-order valence-corrected chi connectivity index (χ0v) is 28.8. The lowest BCUT2D eigenvalue weighted by Gasteiger charge is -2.54. The highest BCUT2D eigenvalue weighted by Crippen LogP contribution is 2.50. The molecule has 0 amide bonds. The van der Waals surface area contributed by atoms with Gasteiger partial charge in [0, 0.05) is 17.8 Å². The van der Waals surface area contributed by atoms with Gasteiger partial charge in [-0.3, -0.25) is 0 Å². The molecule has 2 unspecified atom stereocenters. The lowest BCUT2D eigenvalue weighted by atomic mass is 9.57. The second kappa shape index (κ2) is 15.5. The molecule has 0 spiro atoms. The lowest BCUT2D eigenvalue weighted by molar-refractivity contribution is -0.216. The van der Waals surface area contributed by atoms with Crippen molar-refractivity contribution in [1.82, 2.24) is 0 Å². The van der Waals surface area contributed by atoms with Gasteiger partial charge in [0.05, 0.1) is 17.8 Å². The molecule has 4 N–H and O–H groups in total. The molecule has 1 saturated carbocycles. The highest BCUT2D eigenvalue weighted by atomic mass is 16.4. The number of hydrogen-bond acceptors (Lipinski definition) is 4. The zero-order chi connectivity index (χ0) is 33.3. The van der Waals surface area contributed by atoms with Crippen LogP contribution in [0.4, 0.5) is 0 Å². The van der Waals surface area contributed by atoms with E-state index in [9.17, 15) is 20.4 Å². The minimum atomic E-state index is -1.44. The van der Waals surface area contributed by atoms with Crippen molar-refractivity contribution in [2.75, 3.05) is 0 Å². The molecule has 0 aromatic rings. The van der Waals surface area contributed by atoms with Gasteiger partial charge in [-0.2, -0.15) is 0 Å². The number of hydrogen-bond donors (Lipinski definition) is 4. The Morgan fingerprint density at radius 3 is 1.66 bits per heavy atom. The summed E-state index contributed by atoms with van der Waals surface area (Å²) in [7, 11) is 0. The van der Waals surface area contributed by atoms with Gasteiger partial charge in [-0.05, 0) is 65.9 Å². The minimum absolute atomic E-state index is 0.0406. The predicted molar refractivity (Wildman–Crippen MR) is 187 cm³/mol. The number of allylic oxidation sites excluding steroid dienone is 18. The molecule has 2 aliphatic carbocycles. The van der Waals surface area contributed by atoms with E-state index in [-0.39, 0.29) is 17.9 Å². The summed E-state index contributed by atoms with van der Waals surface area (Å²) in [4.78, 5) is 0. The van der Waals surface area contributed by atoms with Crippen molar-refractivity contribution in [3.05, 3.63) is 119 Å². The van der Waals surface area contributed by atoms with Crippen LogP contribution >= 0.6 is 0 Å². The van der Waals surface area contributed by atoms with Gasteiger partial charge in [0.15, 0.2) is 0 Å². The molecular weight excluding hydrogens is 544 g/mol. The molecule has 5 atom stereocenters. The van der Waals surface area contributed by atoms with Crippen molar-refractivity contribution in [3.63, 3.8) is 0 Å². The van der Waals surface area contributed by atoms with Gasteiger partial charge in [-0.15, -0.1) is 0 Å². The Kier molecular flexibility index (Phi) is 13.2. The molecule has 242 valence electrons. The zero-order valence-electron chi connectivity index (χ0n) is 28.8. The Morgan fingerprint density at radius 2 is 1.16 bits per heavy atom. The molecule has 44 heavy (non-hydrogen) atoms. The third kappa shape index (κ3) is 10.4. The normalized spacial score (nSPS) is 32.6. The molecule has 0 saturated heterocycles. The second-order valence-corrected chi connectivity index (χ2v) is 14.6. The van der Waals surface area contributed by atoms with Crippen LogP contribution in [0.25, 0.3) is 0 Å². The van der Waals surface area contributed by atoms with E-state index >= 15 is 0 Å². The van der Waals surface area contributed by atoms with Gasteiger partial charge in [0.25, 0.3) is 0 Å². The van der Waals surface area contributed by atoms with Crippen molar-refractivity contribution < 1.29 is 20.4 Å². The summed E-state index contributed by atoms with van der Waals surface area (Å²) in [6.07, 6.45) is 30.7. The van der Waals surface area contributed by atoms with Crippen LogP contribution in [0.3, 0.4) is 0 Å². The van der Waals surface area contributed by atoms with E-state index in [2.05, 4.69) is 77.2 Å². The maximum atomic E-state index is 11.4. The van der Waals surface area contributed by atoms with Gasteiger partial charge in [0.1, 0.15) is 5.60 Å². The molecule has 1 fully saturated rings. The van der Waals surface area contributed by atoms with Crippen molar-refractivity contribution in [2.24, 2.45) is 16.7 Å². The maximum Gasteiger partial charge on any atom is 0.117 e. The highest BCUT2D eigenvalue weighted by molar-refractivity contribution is 5.33. The first-order valence-corrected chi connectivity index (χ1v) is 15.9. The third-order valence-corrected chi connectivity index (χ3v) is 9.16. The fourth-order valence-corrected chi connectivity index (χ4v) is 6.57. The lowest BCUT2D eigenvalue weighted by Crippen LogP contribution is -2.65. The third-order valence-electron chi connectivity index (χ3n) is 9.16. The quantitative estimate of drug-likeness (QED) is 0.149. The summed E-state index contributed by atoms with van der Waals surface area (Å²) in [5.41, 5.74) is 2.13. The smallest absolute Gasteiger partial charge is 0.117 e. The fourth-order valence-electron chi connectivity index (χ4n) is 6.57. The number of aliphatic hydroxyl groups excluding tert-OH is 2. The van der Waals surface area contributed by atoms with Gasteiger partial charge in [-0.1, -0.05) is 141 Å². The largest absolute Gasteiger partial charge is 0.393 e. The van der Waals surface area contributed by atoms with E-state index in [0.717, 1.165) is 23.1 Å². The summed E-state index contributed by atoms with van der Waals surface area (Å²) in [6.45, 7) is 20.1. The van der Waals surface area contributed by atoms with Crippen LogP contribution < -0.4 is 0 Å². The Morgan fingerprint density at radius 1 is 0.682 bits per heavy atom. The summed E-state index contributed by atoms with van der Waals surface area (Å²) >= 11 is 0. The van der Waals surface area contributed by atoms with Crippen LogP contribution in [0.15, 0.2) is 119 Å². The van der Waals surface area contributed by atoms with Crippen molar-refractivity contribution in [2.45, 2.75) is 112 Å². The number of rotatable bonds is 10. The topological polar surface area (TPSA) is 80.9 Å². The Labute approximate surface area is 267 Å². The Balaban J connectivity index is 1.93. The van der Waals surface area contributed by atoms with Crippen LogP contribution in [0.1, 0.15) is 88.5 Å². The molecule has 0 aromatic carbocycles. The van der Waals surface area contributed by atoms with Crippen LogP contribution in [-0.4, -0.2) is 43.8 Å². The predicted octanol–water partition coefficient (Wildman–Crippen LogP) is 8.57. The van der Waals surface area contributed by atoms with Crippen LogP contribution in [0, 0.1) is 16.7 Å². The molecule has 4 nitrogen and oxygen atoms in total. The van der Waals surface area contributed by atoms with Crippen LogP contribution in [-0.2, 0) is 0 Å². The van der Waals surface area contributed by atoms with Gasteiger partial charge in [0.2, 0.25) is 0 Å². The first-order valence-electron chi connectivity index (χ1n) is 15.9. The molecule has 2 rings (SSSR count). The van der Waals surface area contributed by atoms with Crippen molar-refractivity contribution >= 4 is 0 Å². The molecule has 2 aliphatic rings. The molecular formula is C40H58O4. The maximum absolute atomic E-state index is 11.4. The van der Waals surface area contributed by atoms with E-state index in [1.807, 2.05) is 70.2 Å². The summed E-state index contributed by atoms with van der Waals surface area (Å²) in [5.74, 6) is 0.330. The summed E-state index contributed by atoms with van der Waals surface area (Å²) in [6, 6.07) is 0. The highest BCUT2D eigenvalue weighted by Gasteiger charge is 2.58. The molecule has 0 bridgehead atoms. The average Bonchev–Trinajstić information content (AvgIpc) is 2.87. The minimum Gasteiger partial charge on any atom is -0.393 e. The van der Waals surface area contributed by atoms with E-state index < -0.39 is 22.7 Å². The van der Waals surface area contributed by atoms with Crippen LogP contribution in [0.2, 0.25) is 0 Å². The van der Waals surface area contributed by atoms with Gasteiger partial charge < -0.3 is 20.4 Å². The van der Waals surface area contributed by atoms with Crippen molar-refractivity contribution in [1.29, 1.82) is 0 Å². The first-order chi connectivity index (χ1) is 20.3. The summed E-state index contributed by atoms with van der Waals surface area (Å²) in [5, 5.41) is 42.5. The van der Waals surface area contributed by atoms with E-state index in [4.69, 9.17) is 0 Å². The van der Waals surface area contributed by atoms with Crippen molar-refractivity contribution in [3.8, 4) is 0 Å². The Bertz CT molecular complexity index is 1280. The van der Waals surface area contributed by atoms with Gasteiger partial charge >= 0.3 is 0 Å². The van der Waals surface area contributed by atoms with E-state index in [1.54, 1.807) is 13.0 Å². The second-order valence-electron chi connectivity index (χ2n) is 14.6. The summed E-state index contributed by atoms with van der Waals surface area (Å²) < 4.78 is 0. The molecule has 0 heterocycles.